The van der Waals surface area contributed by atoms with Crippen LogP contribution < -0.4 is 15.5 Å². The van der Waals surface area contributed by atoms with Crippen LogP contribution in [0.15, 0.2) is 30.5 Å². The Morgan fingerprint density at radius 2 is 1.94 bits per heavy atom. The summed E-state index contributed by atoms with van der Waals surface area (Å²) in [5.41, 5.74) is -0.607. The van der Waals surface area contributed by atoms with E-state index >= 15 is 0 Å². The molecule has 2 saturated heterocycles. The number of benzene rings is 1. The number of nitrogens with zero attached hydrogens (tertiary/aromatic N) is 4. The van der Waals surface area contributed by atoms with Crippen LogP contribution in [-0.2, 0) is 22.2 Å². The zero-order chi connectivity index (χ0) is 23.0. The number of halogens is 2. The fourth-order valence-corrected chi connectivity index (χ4v) is 4.34. The van der Waals surface area contributed by atoms with Crippen LogP contribution in [0, 0.1) is 11.6 Å². The van der Waals surface area contributed by atoms with Crippen molar-refractivity contribution in [2.75, 3.05) is 24.5 Å². The molecule has 9 nitrogen and oxygen atoms in total. The molecule has 0 saturated carbocycles. The molecule has 1 unspecified atom stereocenters. The Kier molecular flexibility index (Phi) is 5.57. The maximum absolute atomic E-state index is 13.6. The quantitative estimate of drug-likeness (QED) is 0.674. The SMILES string of the molecule is C[C@H]1CN(C(=O)CCC2(c3ccn(C)n3)NC(=O)NC2=O)CCN1c1cc(F)cc(F)c1. The molecule has 11 heteroatoms. The van der Waals surface area contributed by atoms with Crippen LogP contribution in [0.5, 0.6) is 0 Å². The maximum atomic E-state index is 13.6. The van der Waals surface area contributed by atoms with E-state index in [1.54, 1.807) is 24.2 Å². The Balaban J connectivity index is 1.43. The Labute approximate surface area is 183 Å². The minimum atomic E-state index is -1.40. The van der Waals surface area contributed by atoms with Crippen molar-refractivity contribution in [3.05, 3.63) is 47.8 Å². The Morgan fingerprint density at radius 1 is 1.22 bits per heavy atom. The van der Waals surface area contributed by atoms with Crippen molar-refractivity contribution in [2.45, 2.75) is 31.3 Å². The number of nitrogens with one attached hydrogen (secondary N) is 2. The lowest BCUT2D eigenvalue weighted by Gasteiger charge is -2.41. The van der Waals surface area contributed by atoms with Gasteiger partial charge >= 0.3 is 6.03 Å². The van der Waals surface area contributed by atoms with E-state index in [0.717, 1.165) is 6.07 Å². The van der Waals surface area contributed by atoms with Gasteiger partial charge in [0, 0.05) is 57.1 Å². The van der Waals surface area contributed by atoms with Gasteiger partial charge in [-0.05, 0) is 31.5 Å². The Morgan fingerprint density at radius 3 is 2.50 bits per heavy atom. The van der Waals surface area contributed by atoms with Gasteiger partial charge in [-0.1, -0.05) is 0 Å². The second kappa shape index (κ2) is 8.21. The van der Waals surface area contributed by atoms with Crippen molar-refractivity contribution in [1.82, 2.24) is 25.3 Å². The van der Waals surface area contributed by atoms with Crippen molar-refractivity contribution in [3.63, 3.8) is 0 Å². The van der Waals surface area contributed by atoms with E-state index in [4.69, 9.17) is 0 Å². The number of imide groups is 1. The number of aryl methyl sites for hydroxylation is 1. The molecule has 1 aromatic heterocycles. The third-order valence-corrected chi connectivity index (χ3v) is 5.97. The molecule has 2 aromatic rings. The van der Waals surface area contributed by atoms with Gasteiger partial charge in [0.15, 0.2) is 5.54 Å². The third-order valence-electron chi connectivity index (χ3n) is 5.97. The van der Waals surface area contributed by atoms with E-state index in [-0.39, 0.29) is 24.8 Å². The highest BCUT2D eigenvalue weighted by Crippen LogP contribution is 2.30. The van der Waals surface area contributed by atoms with Crippen LogP contribution in [0.1, 0.15) is 25.5 Å². The molecule has 2 fully saturated rings. The summed E-state index contributed by atoms with van der Waals surface area (Å²) in [4.78, 5) is 40.9. The van der Waals surface area contributed by atoms with Gasteiger partial charge in [0.05, 0.1) is 5.69 Å². The molecule has 2 aliphatic rings. The predicted octanol–water partition coefficient (Wildman–Crippen LogP) is 1.25. The topological polar surface area (TPSA) is 99.6 Å². The van der Waals surface area contributed by atoms with Crippen molar-refractivity contribution in [1.29, 1.82) is 0 Å². The minimum absolute atomic E-state index is 0.0194. The van der Waals surface area contributed by atoms with Gasteiger partial charge in [-0.15, -0.1) is 0 Å². The number of rotatable bonds is 5. The monoisotopic (exact) mass is 446 g/mol. The molecule has 0 radical (unpaired) electrons. The summed E-state index contributed by atoms with van der Waals surface area (Å²) in [6.45, 7) is 3.03. The van der Waals surface area contributed by atoms with Crippen molar-refractivity contribution in [3.8, 4) is 0 Å². The van der Waals surface area contributed by atoms with E-state index in [2.05, 4.69) is 15.7 Å². The highest BCUT2D eigenvalue weighted by molar-refractivity contribution is 6.07. The van der Waals surface area contributed by atoms with Crippen molar-refractivity contribution >= 4 is 23.5 Å². The summed E-state index contributed by atoms with van der Waals surface area (Å²) in [5.74, 6) is -2.02. The van der Waals surface area contributed by atoms with Crippen LogP contribution >= 0.6 is 0 Å². The lowest BCUT2D eigenvalue weighted by atomic mass is 9.89. The van der Waals surface area contributed by atoms with Gasteiger partial charge in [0.25, 0.3) is 5.91 Å². The fraction of sp³-hybridized carbons (Fsp3) is 0.429. The zero-order valence-electron chi connectivity index (χ0n) is 17.8. The van der Waals surface area contributed by atoms with E-state index in [1.807, 2.05) is 11.8 Å². The summed E-state index contributed by atoms with van der Waals surface area (Å²) < 4.78 is 28.7. The standard InChI is InChI=1S/C21H24F2N6O3/c1-13-12-28(7-8-29(13)16-10-14(22)9-15(23)11-16)18(30)3-5-21(17-4-6-27(2)26-17)19(31)24-20(32)25-21/h4,6,9-11,13H,3,5,7-8,12H2,1-2H3,(H2,24,25,31,32)/t13-,21?/m0/s1. The van der Waals surface area contributed by atoms with E-state index in [9.17, 15) is 23.2 Å². The third kappa shape index (κ3) is 4.02. The molecule has 0 spiro atoms. The van der Waals surface area contributed by atoms with E-state index in [1.165, 1.54) is 16.8 Å². The first-order valence-corrected chi connectivity index (χ1v) is 10.3. The molecule has 0 aliphatic carbocycles. The predicted molar refractivity (Wildman–Crippen MR) is 111 cm³/mol. The van der Waals surface area contributed by atoms with E-state index < -0.39 is 29.1 Å². The molecule has 170 valence electrons. The maximum Gasteiger partial charge on any atom is 0.322 e. The summed E-state index contributed by atoms with van der Waals surface area (Å²) in [7, 11) is 1.70. The molecule has 0 bridgehead atoms. The zero-order valence-corrected chi connectivity index (χ0v) is 17.8. The largest absolute Gasteiger partial charge is 0.365 e. The van der Waals surface area contributed by atoms with Crippen LogP contribution in [0.3, 0.4) is 0 Å². The fourth-order valence-electron chi connectivity index (χ4n) is 4.34. The summed E-state index contributed by atoms with van der Waals surface area (Å²) >= 11 is 0. The van der Waals surface area contributed by atoms with Gasteiger partial charge < -0.3 is 15.1 Å². The second-order valence-corrected chi connectivity index (χ2v) is 8.20. The number of piperazine rings is 1. The molecule has 2 atom stereocenters. The number of urea groups is 1. The average Bonchev–Trinajstić information content (AvgIpc) is 3.28. The van der Waals surface area contributed by atoms with Gasteiger partial charge in [0.2, 0.25) is 5.91 Å². The van der Waals surface area contributed by atoms with Gasteiger partial charge in [-0.3, -0.25) is 19.6 Å². The average molecular weight is 446 g/mol. The van der Waals surface area contributed by atoms with Gasteiger partial charge in [-0.25, -0.2) is 13.6 Å². The summed E-state index contributed by atoms with van der Waals surface area (Å²) in [6.07, 6.45) is 1.74. The molecule has 2 N–H and O–H groups in total. The number of carbonyl (C=O) groups excluding carboxylic acids is 3. The van der Waals surface area contributed by atoms with Crippen molar-refractivity contribution < 1.29 is 23.2 Å². The number of aromatic nitrogens is 2. The molecule has 4 rings (SSSR count). The molecule has 2 aliphatic heterocycles. The first kappa shape index (κ1) is 21.7. The summed E-state index contributed by atoms with van der Waals surface area (Å²) in [5, 5.41) is 9.11. The number of anilines is 1. The number of hydrogen-bond donors (Lipinski definition) is 2. The van der Waals surface area contributed by atoms with E-state index in [0.29, 0.717) is 31.0 Å². The molecule has 4 amide bonds. The Hall–Kier alpha value is -3.50. The highest BCUT2D eigenvalue weighted by Gasteiger charge is 2.49. The van der Waals surface area contributed by atoms with Crippen LogP contribution in [0.2, 0.25) is 0 Å². The normalized spacial score (nSPS) is 23.3. The molecule has 32 heavy (non-hydrogen) atoms. The number of amides is 4. The van der Waals surface area contributed by atoms with Crippen LogP contribution in [0.25, 0.3) is 0 Å². The summed E-state index contributed by atoms with van der Waals surface area (Å²) in [6, 6.07) is 4.22. The molecular formula is C21H24F2N6O3. The second-order valence-electron chi connectivity index (χ2n) is 8.20. The van der Waals surface area contributed by atoms with Crippen LogP contribution in [-0.4, -0.2) is 58.2 Å². The first-order chi connectivity index (χ1) is 15.2. The highest BCUT2D eigenvalue weighted by atomic mass is 19.1. The van der Waals surface area contributed by atoms with Crippen molar-refractivity contribution in [2.24, 2.45) is 7.05 Å². The molecule has 3 heterocycles. The van der Waals surface area contributed by atoms with Gasteiger partial charge in [-0.2, -0.15) is 5.10 Å². The minimum Gasteiger partial charge on any atom is -0.365 e. The first-order valence-electron chi connectivity index (χ1n) is 10.3. The lowest BCUT2D eigenvalue weighted by molar-refractivity contribution is -0.133. The van der Waals surface area contributed by atoms with Gasteiger partial charge in [0.1, 0.15) is 11.6 Å². The van der Waals surface area contributed by atoms with Crippen LogP contribution in [0.4, 0.5) is 19.3 Å². The molecular weight excluding hydrogens is 422 g/mol. The lowest BCUT2D eigenvalue weighted by Crippen LogP contribution is -2.54. The smallest absolute Gasteiger partial charge is 0.322 e. The molecule has 1 aromatic carbocycles. The number of carbonyl (C=O) groups is 3. The number of hydrogen-bond acceptors (Lipinski definition) is 5. The Bertz CT molecular complexity index is 1050.